The highest BCUT2D eigenvalue weighted by Crippen LogP contribution is 1.73. The van der Waals surface area contributed by atoms with Crippen LogP contribution in [0.5, 0.6) is 0 Å². The highest BCUT2D eigenvalue weighted by atomic mass is 35.5. The van der Waals surface area contributed by atoms with Gasteiger partial charge in [-0.15, -0.1) is 11.6 Å². The number of aliphatic hydroxyl groups excluding tert-OH is 1. The number of hydrogen-bond acceptors (Lipinski definition) is 1. The van der Waals surface area contributed by atoms with Crippen molar-refractivity contribution in [1.29, 1.82) is 0 Å². The van der Waals surface area contributed by atoms with E-state index in [0.717, 1.165) is 5.88 Å². The van der Waals surface area contributed by atoms with E-state index in [1.807, 2.05) is 0 Å². The van der Waals surface area contributed by atoms with Gasteiger partial charge < -0.3 is 5.11 Å². The van der Waals surface area contributed by atoms with E-state index in [0.29, 0.717) is 0 Å². The second-order valence-electron chi connectivity index (χ2n) is 0.337. The van der Waals surface area contributed by atoms with E-state index in [2.05, 4.69) is 0 Å². The monoisotopic (exact) mass is 79.0 g/mol. The summed E-state index contributed by atoms with van der Waals surface area (Å²) in [6.45, 7) is -0.0401. The lowest BCUT2D eigenvalue weighted by atomic mass is 10.9. The van der Waals surface area contributed by atoms with Gasteiger partial charge in [0.1, 0.15) is 0 Å². The molecule has 0 bridgehead atoms. The number of rotatable bonds is 1. The molecule has 1 radical (unpaired) electrons. The summed E-state index contributed by atoms with van der Waals surface area (Å²) in [6.07, 6.45) is 0. The van der Waals surface area contributed by atoms with Gasteiger partial charge in [0.05, 0.1) is 12.5 Å². The fourth-order valence-electron chi connectivity index (χ4n) is 0. The molecule has 4 heavy (non-hydrogen) atoms. The SMILES string of the molecule is OC[CH]Cl. The lowest BCUT2D eigenvalue weighted by Gasteiger charge is -1.66. The van der Waals surface area contributed by atoms with E-state index in [9.17, 15) is 0 Å². The Morgan fingerprint density at radius 3 is 2.25 bits per heavy atom. The average Bonchev–Trinajstić information content (AvgIpc) is 1.37. The molecule has 0 unspecified atom stereocenters. The lowest BCUT2D eigenvalue weighted by molar-refractivity contribution is 0.336. The van der Waals surface area contributed by atoms with Crippen molar-refractivity contribution < 1.29 is 5.11 Å². The van der Waals surface area contributed by atoms with Crippen LogP contribution in [0.25, 0.3) is 0 Å². The van der Waals surface area contributed by atoms with Crippen molar-refractivity contribution in [3.8, 4) is 0 Å². The van der Waals surface area contributed by atoms with Gasteiger partial charge in [-0.2, -0.15) is 0 Å². The van der Waals surface area contributed by atoms with Gasteiger partial charge in [0.2, 0.25) is 0 Å². The Morgan fingerprint density at radius 1 is 2.00 bits per heavy atom. The van der Waals surface area contributed by atoms with Crippen LogP contribution in [-0.2, 0) is 0 Å². The highest BCUT2D eigenvalue weighted by Gasteiger charge is 1.61. The molecular weight excluding hydrogens is 75.5 g/mol. The van der Waals surface area contributed by atoms with Crippen molar-refractivity contribution in [2.75, 3.05) is 6.61 Å². The Labute approximate surface area is 30.2 Å². The molecule has 0 aromatic rings. The predicted octanol–water partition coefficient (Wildman–Crippen LogP) is 0.379. The maximum atomic E-state index is 7.69. The molecule has 0 spiro atoms. The van der Waals surface area contributed by atoms with Gasteiger partial charge in [-0.25, -0.2) is 0 Å². The van der Waals surface area contributed by atoms with Crippen LogP contribution in [0.3, 0.4) is 0 Å². The van der Waals surface area contributed by atoms with Crippen LogP contribution in [0.1, 0.15) is 0 Å². The zero-order valence-corrected chi connectivity index (χ0v) is 2.87. The van der Waals surface area contributed by atoms with Gasteiger partial charge in [-0.3, -0.25) is 0 Å². The molecule has 2 heteroatoms. The molecule has 0 aliphatic carbocycles. The Kier molecular flexibility index (Phi) is 3.45. The average molecular weight is 79.5 g/mol. The summed E-state index contributed by atoms with van der Waals surface area (Å²) in [5.74, 6) is 1.15. The van der Waals surface area contributed by atoms with Crippen molar-refractivity contribution in [1.82, 2.24) is 0 Å². The van der Waals surface area contributed by atoms with Crippen molar-refractivity contribution in [3.63, 3.8) is 0 Å². The van der Waals surface area contributed by atoms with Crippen LogP contribution in [0.4, 0.5) is 0 Å². The first kappa shape index (κ1) is 4.25. The maximum absolute atomic E-state index is 7.69. The second-order valence-corrected chi connectivity index (χ2v) is 0.645. The highest BCUT2D eigenvalue weighted by molar-refractivity contribution is 6.23. The number of halogens is 1. The van der Waals surface area contributed by atoms with E-state index >= 15 is 0 Å². The minimum absolute atomic E-state index is 0.0401. The molecule has 0 aliphatic rings. The standard InChI is InChI=1S/C2H4ClO/c3-1-2-4/h1,4H,2H2. The normalized spacial score (nSPS) is 7.50. The van der Waals surface area contributed by atoms with Crippen LogP contribution in [0.2, 0.25) is 0 Å². The predicted molar refractivity (Wildman–Crippen MR) is 17.2 cm³/mol. The first-order chi connectivity index (χ1) is 1.91. The van der Waals surface area contributed by atoms with Crippen LogP contribution in [-0.4, -0.2) is 11.7 Å². The minimum Gasteiger partial charge on any atom is -0.395 e. The molecular formula is C2H4ClO. The quantitative estimate of drug-likeness (QED) is 0.482. The Bertz CT molecular complexity index is 8.00. The summed E-state index contributed by atoms with van der Waals surface area (Å²) in [7, 11) is 0. The van der Waals surface area contributed by atoms with Gasteiger partial charge in [-0.1, -0.05) is 0 Å². The van der Waals surface area contributed by atoms with E-state index < -0.39 is 0 Å². The third-order valence-electron chi connectivity index (χ3n) is 0.0690. The molecule has 1 N–H and O–H groups in total. The second kappa shape index (κ2) is 3.25. The zero-order valence-electron chi connectivity index (χ0n) is 2.11. The Hall–Kier alpha value is 0.250. The maximum Gasteiger partial charge on any atom is 0.0752 e. The molecule has 25 valence electrons. The first-order valence-electron chi connectivity index (χ1n) is 0.943. The number of hydrogen-bond donors (Lipinski definition) is 1. The number of aliphatic hydroxyl groups is 1. The van der Waals surface area contributed by atoms with Crippen LogP contribution in [0, 0.1) is 5.88 Å². The molecule has 0 rings (SSSR count). The summed E-state index contributed by atoms with van der Waals surface area (Å²) in [4.78, 5) is 0. The molecule has 0 fully saturated rings. The summed E-state index contributed by atoms with van der Waals surface area (Å²) in [5.41, 5.74) is 0. The molecule has 0 aromatic heterocycles. The first-order valence-corrected chi connectivity index (χ1v) is 1.38. The third-order valence-corrected chi connectivity index (χ3v) is 0.207. The summed E-state index contributed by atoms with van der Waals surface area (Å²) >= 11 is 4.81. The molecule has 0 heterocycles. The van der Waals surface area contributed by atoms with Crippen LogP contribution >= 0.6 is 11.6 Å². The molecule has 0 aromatic carbocycles. The summed E-state index contributed by atoms with van der Waals surface area (Å²) < 4.78 is 0. The van der Waals surface area contributed by atoms with Gasteiger partial charge >= 0.3 is 0 Å². The van der Waals surface area contributed by atoms with Gasteiger partial charge in [-0.05, 0) is 0 Å². The van der Waals surface area contributed by atoms with Crippen LogP contribution in [0.15, 0.2) is 0 Å². The van der Waals surface area contributed by atoms with Crippen molar-refractivity contribution in [2.24, 2.45) is 0 Å². The fourth-order valence-corrected chi connectivity index (χ4v) is 0. The third kappa shape index (κ3) is 2.25. The van der Waals surface area contributed by atoms with Gasteiger partial charge in [0, 0.05) is 0 Å². The van der Waals surface area contributed by atoms with Crippen molar-refractivity contribution >= 4 is 11.6 Å². The van der Waals surface area contributed by atoms with Crippen LogP contribution < -0.4 is 0 Å². The van der Waals surface area contributed by atoms with E-state index in [-0.39, 0.29) is 6.61 Å². The zero-order chi connectivity index (χ0) is 3.41. The Morgan fingerprint density at radius 2 is 2.25 bits per heavy atom. The molecule has 0 saturated carbocycles. The fraction of sp³-hybridized carbons (Fsp3) is 0.500. The molecule has 0 saturated heterocycles. The molecule has 1 nitrogen and oxygen atoms in total. The van der Waals surface area contributed by atoms with Gasteiger partial charge in [0.15, 0.2) is 0 Å². The topological polar surface area (TPSA) is 20.2 Å². The smallest absolute Gasteiger partial charge is 0.0752 e. The van der Waals surface area contributed by atoms with E-state index in [1.165, 1.54) is 0 Å². The van der Waals surface area contributed by atoms with E-state index in [1.54, 1.807) is 0 Å². The molecule has 0 atom stereocenters. The lowest BCUT2D eigenvalue weighted by Crippen LogP contribution is -1.67. The minimum atomic E-state index is -0.0401. The Balaban J connectivity index is 1.97. The van der Waals surface area contributed by atoms with Gasteiger partial charge in [0.25, 0.3) is 0 Å². The summed E-state index contributed by atoms with van der Waals surface area (Å²) in [6, 6.07) is 0. The van der Waals surface area contributed by atoms with Crippen molar-refractivity contribution in [2.45, 2.75) is 0 Å². The molecule has 0 aliphatic heterocycles. The summed E-state index contributed by atoms with van der Waals surface area (Å²) in [5, 5.41) is 7.69. The molecule has 0 amide bonds. The van der Waals surface area contributed by atoms with Crippen molar-refractivity contribution in [3.05, 3.63) is 5.88 Å². The largest absolute Gasteiger partial charge is 0.395 e. The van der Waals surface area contributed by atoms with E-state index in [4.69, 9.17) is 16.7 Å².